The van der Waals surface area contributed by atoms with Crippen molar-refractivity contribution in [3.8, 4) is 6.07 Å². The summed E-state index contributed by atoms with van der Waals surface area (Å²) in [7, 11) is 0. The fraction of sp³-hybridized carbons (Fsp3) is 0. The highest BCUT2D eigenvalue weighted by molar-refractivity contribution is 7.99. The van der Waals surface area contributed by atoms with E-state index < -0.39 is 0 Å². The van der Waals surface area contributed by atoms with E-state index >= 15 is 0 Å². The molecule has 16 heavy (non-hydrogen) atoms. The topological polar surface area (TPSA) is 36.7 Å². The fourth-order valence-electron chi connectivity index (χ4n) is 1.20. The summed E-state index contributed by atoms with van der Waals surface area (Å²) >= 11 is 7.45. The lowest BCUT2D eigenvalue weighted by atomic mass is 10.4. The van der Waals surface area contributed by atoms with Gasteiger partial charge in [-0.05, 0) is 30.3 Å². The van der Waals surface area contributed by atoms with Crippen LogP contribution in [0.5, 0.6) is 0 Å². The Morgan fingerprint density at radius 3 is 2.75 bits per heavy atom. The van der Waals surface area contributed by atoms with Crippen LogP contribution >= 0.6 is 23.4 Å². The Labute approximate surface area is 103 Å². The van der Waals surface area contributed by atoms with Gasteiger partial charge in [0, 0.05) is 21.0 Å². The van der Waals surface area contributed by atoms with E-state index in [0.717, 1.165) is 9.79 Å². The van der Waals surface area contributed by atoms with E-state index in [-0.39, 0.29) is 0 Å². The molecule has 2 aromatic rings. The molecular formula is C12H7ClN2S. The molecule has 1 aromatic heterocycles. The first kappa shape index (κ1) is 11.0. The third-order valence-electron chi connectivity index (χ3n) is 1.88. The van der Waals surface area contributed by atoms with Crippen LogP contribution in [-0.4, -0.2) is 4.98 Å². The van der Waals surface area contributed by atoms with Gasteiger partial charge < -0.3 is 0 Å². The molecule has 0 fully saturated rings. The summed E-state index contributed by atoms with van der Waals surface area (Å²) in [6.07, 6.45) is 1.63. The van der Waals surface area contributed by atoms with Crippen LogP contribution in [0.15, 0.2) is 52.4 Å². The second-order valence-electron chi connectivity index (χ2n) is 3.05. The first-order valence-corrected chi connectivity index (χ1v) is 5.77. The maximum Gasteiger partial charge on any atom is 0.141 e. The minimum atomic E-state index is 0.423. The molecule has 0 saturated carbocycles. The van der Waals surface area contributed by atoms with E-state index in [4.69, 9.17) is 16.9 Å². The van der Waals surface area contributed by atoms with E-state index in [9.17, 15) is 0 Å². The molecule has 0 atom stereocenters. The largest absolute Gasteiger partial charge is 0.245 e. The smallest absolute Gasteiger partial charge is 0.141 e. The third-order valence-corrected chi connectivity index (χ3v) is 3.09. The molecule has 0 aliphatic carbocycles. The number of pyridine rings is 1. The predicted octanol–water partition coefficient (Wildman–Crippen LogP) is 3.76. The summed E-state index contributed by atoms with van der Waals surface area (Å²) in [6.45, 7) is 0. The maximum atomic E-state index is 8.73. The van der Waals surface area contributed by atoms with Crippen molar-refractivity contribution >= 4 is 23.4 Å². The average Bonchev–Trinajstić information content (AvgIpc) is 2.29. The summed E-state index contributed by atoms with van der Waals surface area (Å²) in [5, 5.41) is 9.44. The molecule has 2 nitrogen and oxygen atoms in total. The van der Waals surface area contributed by atoms with Crippen molar-refractivity contribution in [2.45, 2.75) is 9.79 Å². The van der Waals surface area contributed by atoms with Gasteiger partial charge in [-0.25, -0.2) is 4.98 Å². The first-order valence-electron chi connectivity index (χ1n) is 4.57. The van der Waals surface area contributed by atoms with E-state index in [1.807, 2.05) is 36.4 Å². The highest BCUT2D eigenvalue weighted by Crippen LogP contribution is 2.29. The number of nitriles is 1. The van der Waals surface area contributed by atoms with E-state index in [1.165, 1.54) is 0 Å². The lowest BCUT2D eigenvalue weighted by Gasteiger charge is -2.01. The van der Waals surface area contributed by atoms with Gasteiger partial charge in [-0.3, -0.25) is 0 Å². The molecule has 2 rings (SSSR count). The van der Waals surface area contributed by atoms with Gasteiger partial charge in [0.2, 0.25) is 0 Å². The number of benzene rings is 1. The summed E-state index contributed by atoms with van der Waals surface area (Å²) in [5.41, 5.74) is 0.423. The molecule has 0 aliphatic rings. The van der Waals surface area contributed by atoms with Gasteiger partial charge in [0.05, 0.1) is 0 Å². The van der Waals surface area contributed by atoms with E-state index in [2.05, 4.69) is 4.98 Å². The van der Waals surface area contributed by atoms with Crippen molar-refractivity contribution in [2.75, 3.05) is 0 Å². The summed E-state index contributed by atoms with van der Waals surface area (Å²) in [5.74, 6) is 0. The third kappa shape index (κ3) is 2.75. The molecular weight excluding hydrogens is 240 g/mol. The van der Waals surface area contributed by atoms with Crippen LogP contribution in [-0.2, 0) is 0 Å². The number of aromatic nitrogens is 1. The predicted molar refractivity (Wildman–Crippen MR) is 64.5 cm³/mol. The molecule has 0 N–H and O–H groups in total. The van der Waals surface area contributed by atoms with Gasteiger partial charge in [0.1, 0.15) is 11.8 Å². The molecule has 0 spiro atoms. The van der Waals surface area contributed by atoms with Gasteiger partial charge in [-0.15, -0.1) is 0 Å². The van der Waals surface area contributed by atoms with Crippen molar-refractivity contribution in [2.24, 2.45) is 0 Å². The second kappa shape index (κ2) is 5.02. The standard InChI is InChI=1S/C12H7ClN2S/c13-9-2-1-3-11(6-9)16-12-4-5-15-10(7-12)8-14/h1-7H. The van der Waals surface area contributed by atoms with Crippen LogP contribution < -0.4 is 0 Å². The maximum absolute atomic E-state index is 8.73. The van der Waals surface area contributed by atoms with Gasteiger partial charge >= 0.3 is 0 Å². The molecule has 0 aliphatic heterocycles. The van der Waals surface area contributed by atoms with Crippen molar-refractivity contribution < 1.29 is 0 Å². The number of hydrogen-bond donors (Lipinski definition) is 0. The molecule has 4 heteroatoms. The minimum absolute atomic E-state index is 0.423. The molecule has 0 unspecified atom stereocenters. The number of hydrogen-bond acceptors (Lipinski definition) is 3. The lowest BCUT2D eigenvalue weighted by Crippen LogP contribution is -1.81. The molecule has 1 heterocycles. The van der Waals surface area contributed by atoms with Crippen LogP contribution in [0.4, 0.5) is 0 Å². The molecule has 1 aromatic carbocycles. The monoisotopic (exact) mass is 246 g/mol. The normalized spacial score (nSPS) is 9.75. The van der Waals surface area contributed by atoms with Crippen molar-refractivity contribution in [1.29, 1.82) is 5.26 Å². The fourth-order valence-corrected chi connectivity index (χ4v) is 2.36. The number of rotatable bonds is 2. The van der Waals surface area contributed by atoms with Crippen LogP contribution in [0.1, 0.15) is 5.69 Å². The molecule has 78 valence electrons. The van der Waals surface area contributed by atoms with Crippen molar-refractivity contribution in [3.63, 3.8) is 0 Å². The molecule has 0 bridgehead atoms. The highest BCUT2D eigenvalue weighted by atomic mass is 35.5. The van der Waals surface area contributed by atoms with Gasteiger partial charge in [-0.2, -0.15) is 5.26 Å². The average molecular weight is 247 g/mol. The molecule has 0 saturated heterocycles. The van der Waals surface area contributed by atoms with E-state index in [0.29, 0.717) is 10.7 Å². The van der Waals surface area contributed by atoms with Gasteiger partial charge in [0.25, 0.3) is 0 Å². The zero-order chi connectivity index (χ0) is 11.4. The van der Waals surface area contributed by atoms with Crippen molar-refractivity contribution in [1.82, 2.24) is 4.98 Å². The number of nitrogens with zero attached hydrogens (tertiary/aromatic N) is 2. The quantitative estimate of drug-likeness (QED) is 0.810. The zero-order valence-electron chi connectivity index (χ0n) is 8.22. The summed E-state index contributed by atoms with van der Waals surface area (Å²) < 4.78 is 0. The second-order valence-corrected chi connectivity index (χ2v) is 4.63. The van der Waals surface area contributed by atoms with Crippen LogP contribution in [0.25, 0.3) is 0 Å². The Hall–Kier alpha value is -1.50. The Morgan fingerprint density at radius 1 is 1.19 bits per heavy atom. The molecule has 0 radical (unpaired) electrons. The van der Waals surface area contributed by atoms with E-state index in [1.54, 1.807) is 24.0 Å². The number of halogens is 1. The minimum Gasteiger partial charge on any atom is -0.245 e. The Bertz CT molecular complexity index is 549. The SMILES string of the molecule is N#Cc1cc(Sc2cccc(Cl)c2)ccn1. The van der Waals surface area contributed by atoms with Crippen LogP contribution in [0, 0.1) is 11.3 Å². The van der Waals surface area contributed by atoms with Gasteiger partial charge in [0.15, 0.2) is 0 Å². The van der Waals surface area contributed by atoms with Crippen LogP contribution in [0.3, 0.4) is 0 Å². The Balaban J connectivity index is 2.24. The highest BCUT2D eigenvalue weighted by Gasteiger charge is 2.00. The van der Waals surface area contributed by atoms with Crippen molar-refractivity contribution in [3.05, 3.63) is 53.3 Å². The first-order chi connectivity index (χ1) is 7.78. The summed E-state index contributed by atoms with van der Waals surface area (Å²) in [4.78, 5) is 5.94. The van der Waals surface area contributed by atoms with Gasteiger partial charge in [-0.1, -0.05) is 29.4 Å². The lowest BCUT2D eigenvalue weighted by molar-refractivity contribution is 1.21. The Morgan fingerprint density at radius 2 is 2.00 bits per heavy atom. The molecule has 0 amide bonds. The summed E-state index contributed by atoms with van der Waals surface area (Å²) in [6, 6.07) is 13.2. The zero-order valence-corrected chi connectivity index (χ0v) is 9.79. The Kier molecular flexibility index (Phi) is 3.45. The van der Waals surface area contributed by atoms with Crippen LogP contribution in [0.2, 0.25) is 5.02 Å².